The highest BCUT2D eigenvalue weighted by Gasteiger charge is 2.02. The zero-order chi connectivity index (χ0) is 92.8. The SMILES string of the molecule is CC.CC.CC.CC.CC.CC.CC.CC.CC(=O)NN.CC(=O)NN.CN.CN.CN.N#C/C(=C\c1ccccc1)CON.NNC(=O)Cc1ccccc1.NNC(=O)c1ccccc1.NNCCc1ccccc1.NNCc1ccccc1.NNc1ccccc1.NOC(=O)COc1ccccc1.NOC/C(Cl)=C/c1ccccc1. The molecule has 33 N–H and O–H groups in total. The van der Waals surface area contributed by atoms with Gasteiger partial charge < -0.3 is 32.2 Å². The Morgan fingerprint density at radius 3 is 1.03 bits per heavy atom. The van der Waals surface area contributed by atoms with Gasteiger partial charge in [0.1, 0.15) is 19.0 Å². The second kappa shape index (κ2) is 126. The fourth-order valence-corrected chi connectivity index (χ4v) is 6.29. The summed E-state index contributed by atoms with van der Waals surface area (Å²) in [4.78, 5) is 63.8. The van der Waals surface area contributed by atoms with Crippen molar-refractivity contribution in [2.45, 2.75) is 144 Å². The number of nitrogens with two attached hydrogens (primary N) is 13. The number of carbonyl (C=O) groups excluding carboxylic acids is 5. The second-order valence-electron chi connectivity index (χ2n) is 17.9. The maximum Gasteiger partial charge on any atom is 0.362 e. The van der Waals surface area contributed by atoms with Crippen LogP contribution in [0.5, 0.6) is 5.75 Å². The van der Waals surface area contributed by atoms with Gasteiger partial charge in [-0.3, -0.25) is 78.9 Å². The number of nitriles is 1. The molecule has 8 aromatic rings. The van der Waals surface area contributed by atoms with Crippen molar-refractivity contribution in [1.29, 1.82) is 5.26 Å². The number of hydrogen-bond acceptors (Lipinski definition) is 26. The Bertz CT molecular complexity index is 3270. The van der Waals surface area contributed by atoms with Crippen LogP contribution in [0.2, 0.25) is 0 Å². The van der Waals surface area contributed by atoms with Crippen molar-refractivity contribution in [3.63, 3.8) is 0 Å². The van der Waals surface area contributed by atoms with Crippen molar-refractivity contribution in [3.8, 4) is 11.8 Å². The third-order valence-electron chi connectivity index (χ3n) is 10.5. The fraction of sp³-hybridized carbons (Fsp3) is 0.326. The molecule has 30 nitrogen and oxygen atoms in total. The first-order valence-electron chi connectivity index (χ1n) is 38.0. The van der Waals surface area contributed by atoms with E-state index in [1.165, 1.54) is 46.1 Å². The average Bonchev–Trinajstić information content (AvgIpc) is 0.942. The number of nitrogens with one attached hydrogen (secondary N) is 7. The van der Waals surface area contributed by atoms with E-state index in [1.54, 1.807) is 42.5 Å². The van der Waals surface area contributed by atoms with Crippen molar-refractivity contribution in [3.05, 3.63) is 287 Å². The molecule has 0 saturated heterocycles. The smallest absolute Gasteiger partial charge is 0.362 e. The molecule has 0 bridgehead atoms. The lowest BCUT2D eigenvalue weighted by Crippen LogP contribution is -2.31. The standard InChI is InChI=1S/C10H10N2O.C9H10ClNO.C8H10N2O.C8H12N2.C8H9NO3.C7H8N2O.C7H10N2.C6H8N2.2C2H6N2O.8C2H6.3CH5N/c11-7-10(8-13-12)6-9-4-2-1-3-5-9;10-9(7-12-11)6-8-4-2-1-3-5-8;9-10-8(11)6-7-4-2-1-3-5-7;9-10-7-6-8-4-2-1-3-5-8;9-12-8(10)6-11-7-4-2-1-3-5-7;8-9-7(10)6-4-2-1-3-5-6;8-9-6-7-4-2-1-3-5-7;7-8-6-4-2-1-3-5-6;2*1-2(5)4-3;11*1-2/h1-6H,8,12H2;1-6H,7,11H2;1-5H,6,9H2,(H,10,11);1-5,10H,6-7,9H2;1-5H,6,9H2;1-5H,8H2,(H,9,10);1-5,9H,6,8H2;1-5,8H,7H2;2*3H2,1H3,(H,4,5);8*1-2H3;3*2H2,1H3/b10-6+;9-6-;;;;;;;;;;;;;;;;;;;. The van der Waals surface area contributed by atoms with Gasteiger partial charge in [-0.15, -0.1) is 0 Å². The van der Waals surface area contributed by atoms with Crippen molar-refractivity contribution in [2.75, 3.05) is 52.9 Å². The Balaban J connectivity index is -0.0000000915. The van der Waals surface area contributed by atoms with Crippen LogP contribution in [0.15, 0.2) is 253 Å². The molecule has 0 saturated carbocycles. The summed E-state index contributed by atoms with van der Waals surface area (Å²) in [6.07, 6.45) is 4.90. The number of benzene rings is 8. The summed E-state index contributed by atoms with van der Waals surface area (Å²) in [5, 5.41) is 9.25. The fourth-order valence-electron chi connectivity index (χ4n) is 6.11. The number of carbonyl (C=O) groups is 5. The number of ether oxygens (including phenoxy) is 1. The van der Waals surface area contributed by atoms with E-state index in [-0.39, 0.29) is 43.4 Å². The molecule has 31 heteroatoms. The monoisotopic (exact) mass is 1660 g/mol. The lowest BCUT2D eigenvalue weighted by Gasteiger charge is -2.02. The van der Waals surface area contributed by atoms with Crippen LogP contribution in [0.1, 0.15) is 163 Å². The summed E-state index contributed by atoms with van der Waals surface area (Å²) in [6, 6.07) is 78.4. The molecular weight excluding hydrogens is 1510 g/mol. The Labute approximate surface area is 707 Å². The molecule has 0 radical (unpaired) electrons. The molecule has 4 amide bonds. The molecular formula is C86H152ClN21O9. The molecule has 0 aromatic heterocycles. The van der Waals surface area contributed by atoms with Crippen LogP contribution < -0.4 is 119 Å². The molecule has 0 unspecified atom stereocenters. The molecule has 662 valence electrons. The van der Waals surface area contributed by atoms with Gasteiger partial charge in [-0.25, -0.2) is 40.0 Å². The third kappa shape index (κ3) is 109. The van der Waals surface area contributed by atoms with Gasteiger partial charge in [0.2, 0.25) is 17.7 Å². The molecule has 8 rings (SSSR count). The first-order valence-corrected chi connectivity index (χ1v) is 38.4. The second-order valence-corrected chi connectivity index (χ2v) is 18.4. The van der Waals surface area contributed by atoms with Gasteiger partial charge in [-0.2, -0.15) is 11.2 Å². The van der Waals surface area contributed by atoms with E-state index < -0.39 is 5.97 Å². The van der Waals surface area contributed by atoms with Crippen molar-refractivity contribution >= 4 is 59.0 Å². The largest absolute Gasteiger partial charge is 0.482 e. The summed E-state index contributed by atoms with van der Waals surface area (Å²) < 4.78 is 5.00. The van der Waals surface area contributed by atoms with Crippen LogP contribution in [0.4, 0.5) is 5.69 Å². The zero-order valence-electron chi connectivity index (χ0n) is 73.7. The van der Waals surface area contributed by atoms with E-state index in [2.05, 4.69) is 83.1 Å². The predicted molar refractivity (Wildman–Crippen MR) is 495 cm³/mol. The Morgan fingerprint density at radius 2 is 0.726 bits per heavy atom. The van der Waals surface area contributed by atoms with Crippen LogP contribution >= 0.6 is 11.6 Å². The lowest BCUT2D eigenvalue weighted by atomic mass is 10.1. The molecule has 117 heavy (non-hydrogen) atoms. The number of nitrogen functional groups attached to an aromatic ring is 2. The highest BCUT2D eigenvalue weighted by Crippen LogP contribution is 2.11. The summed E-state index contributed by atoms with van der Waals surface area (Å²) in [5.74, 6) is 47.8. The number of halogens is 1. The van der Waals surface area contributed by atoms with Crippen LogP contribution in [-0.4, -0.2) is 77.1 Å². The maximum atomic E-state index is 10.8. The number of para-hydroxylation sites is 2. The van der Waals surface area contributed by atoms with Gasteiger partial charge in [-0.1, -0.05) is 329 Å². The summed E-state index contributed by atoms with van der Waals surface area (Å²) in [6.45, 7) is 36.5. The third-order valence-corrected chi connectivity index (χ3v) is 10.7. The topological polar surface area (TPSA) is 569 Å². The minimum atomic E-state index is -0.598. The van der Waals surface area contributed by atoms with E-state index in [0.717, 1.165) is 41.9 Å². The van der Waals surface area contributed by atoms with Crippen LogP contribution in [0, 0.1) is 11.3 Å². The van der Waals surface area contributed by atoms with Crippen LogP contribution in [-0.2, 0) is 53.1 Å². The average molecular weight is 1660 g/mol. The number of anilines is 1. The van der Waals surface area contributed by atoms with Crippen molar-refractivity contribution in [1.82, 2.24) is 32.6 Å². The summed E-state index contributed by atoms with van der Waals surface area (Å²) in [5.41, 5.74) is 36.6. The molecule has 0 aliphatic rings. The quantitative estimate of drug-likeness (QED) is 0.0164. The Hall–Kier alpha value is -10.7. The summed E-state index contributed by atoms with van der Waals surface area (Å²) in [7, 11) is 4.50. The van der Waals surface area contributed by atoms with E-state index in [1.807, 2.05) is 333 Å². The van der Waals surface area contributed by atoms with Crippen LogP contribution in [0.25, 0.3) is 12.2 Å². The predicted octanol–water partition coefficient (Wildman–Crippen LogP) is 11.9. The van der Waals surface area contributed by atoms with Gasteiger partial charge in [0.15, 0.2) is 6.61 Å². The van der Waals surface area contributed by atoms with Gasteiger partial charge >= 0.3 is 5.97 Å². The van der Waals surface area contributed by atoms with E-state index in [4.69, 9.17) is 62.6 Å². The molecule has 0 heterocycles. The zero-order valence-corrected chi connectivity index (χ0v) is 74.5. The maximum absolute atomic E-state index is 10.8. The van der Waals surface area contributed by atoms with E-state index in [0.29, 0.717) is 28.3 Å². The summed E-state index contributed by atoms with van der Waals surface area (Å²) >= 11 is 5.77. The van der Waals surface area contributed by atoms with Gasteiger partial charge in [0.05, 0.1) is 18.1 Å². The van der Waals surface area contributed by atoms with Crippen LogP contribution in [0.3, 0.4) is 0 Å². The van der Waals surface area contributed by atoms with Crippen molar-refractivity contribution < 1.29 is 43.2 Å². The van der Waals surface area contributed by atoms with Gasteiger partial charge in [0.25, 0.3) is 5.91 Å². The molecule has 0 spiro atoms. The van der Waals surface area contributed by atoms with Crippen molar-refractivity contribution in [2.24, 2.45) is 75.8 Å². The number of hydrazine groups is 7. The van der Waals surface area contributed by atoms with E-state index >= 15 is 0 Å². The molecule has 0 atom stereocenters. The molecule has 0 aliphatic heterocycles. The highest BCUT2D eigenvalue weighted by molar-refractivity contribution is 6.31. The highest BCUT2D eigenvalue weighted by atomic mass is 35.5. The Kier molecular flexibility index (Phi) is 146. The lowest BCUT2D eigenvalue weighted by molar-refractivity contribution is -0.146. The first-order chi connectivity index (χ1) is 57.0. The first kappa shape index (κ1) is 135. The number of nitrogens with zero attached hydrogens (tertiary/aromatic N) is 1. The minimum absolute atomic E-state index is 0.144. The molecule has 8 aromatic carbocycles. The van der Waals surface area contributed by atoms with Gasteiger partial charge in [0, 0.05) is 43.2 Å². The number of amides is 4. The number of rotatable bonds is 18. The minimum Gasteiger partial charge on any atom is -0.482 e. The molecule has 0 aliphatic carbocycles. The number of hydrogen-bond donors (Lipinski definition) is 20. The molecule has 0 fully saturated rings. The van der Waals surface area contributed by atoms with E-state index in [9.17, 15) is 24.0 Å². The Morgan fingerprint density at radius 1 is 0.402 bits per heavy atom. The van der Waals surface area contributed by atoms with Gasteiger partial charge in [-0.05, 0) is 104 Å². The normalized spacial score (nSPS) is 8.26.